The zero-order valence-corrected chi connectivity index (χ0v) is 23.8. The van der Waals surface area contributed by atoms with E-state index in [4.69, 9.17) is 19.2 Å². The zero-order chi connectivity index (χ0) is 26.7. The number of aromatic nitrogens is 5. The predicted molar refractivity (Wildman–Crippen MR) is 141 cm³/mol. The van der Waals surface area contributed by atoms with Crippen molar-refractivity contribution >= 4 is 19.8 Å². The van der Waals surface area contributed by atoms with Crippen LogP contribution in [0.2, 0.25) is 25.7 Å². The molecular weight excluding hydrogens is 476 g/mol. The monoisotopic (exact) mass is 514 g/mol. The minimum atomic E-state index is -1.28. The third kappa shape index (κ3) is 6.71. The third-order valence-electron chi connectivity index (χ3n) is 5.53. The second-order valence-corrected chi connectivity index (χ2v) is 16.5. The second-order valence-electron chi connectivity index (χ2n) is 10.8. The van der Waals surface area contributed by atoms with Crippen molar-refractivity contribution in [3.63, 3.8) is 0 Å². The molecule has 3 aromatic heterocycles. The Bertz CT molecular complexity index is 1200. The quantitative estimate of drug-likeness (QED) is 0.358. The lowest BCUT2D eigenvalue weighted by Crippen LogP contribution is -2.38. The first-order chi connectivity index (χ1) is 16.8. The highest BCUT2D eigenvalue weighted by Crippen LogP contribution is 2.32. The molecule has 0 aliphatic carbocycles. The molecule has 0 N–H and O–H groups in total. The SMILES string of the molecule is CCN(C(=O)OC(C)(C)C)[C@H](C)c1cc(-c2nc(OCC[Si](C)(C)C)c3nccn3n2)c(OC)cn1. The van der Waals surface area contributed by atoms with Crippen LogP contribution in [0, 0.1) is 0 Å². The summed E-state index contributed by atoms with van der Waals surface area (Å²) in [6.07, 6.45) is 4.64. The Morgan fingerprint density at radius 3 is 2.56 bits per heavy atom. The minimum absolute atomic E-state index is 0.348. The van der Waals surface area contributed by atoms with Gasteiger partial charge in [-0.1, -0.05) is 19.6 Å². The molecule has 36 heavy (non-hydrogen) atoms. The van der Waals surface area contributed by atoms with Crippen LogP contribution in [0.15, 0.2) is 24.7 Å². The molecule has 1 atom stereocenters. The summed E-state index contributed by atoms with van der Waals surface area (Å²) in [4.78, 5) is 28.1. The molecule has 3 heterocycles. The van der Waals surface area contributed by atoms with Gasteiger partial charge in [0.25, 0.3) is 5.88 Å². The van der Waals surface area contributed by atoms with Gasteiger partial charge in [0.1, 0.15) is 11.4 Å². The van der Waals surface area contributed by atoms with Crippen LogP contribution in [-0.2, 0) is 4.74 Å². The molecule has 0 aliphatic rings. The highest BCUT2D eigenvalue weighted by molar-refractivity contribution is 6.76. The molecule has 0 bridgehead atoms. The van der Waals surface area contributed by atoms with Crippen molar-refractivity contribution in [3.05, 3.63) is 30.4 Å². The number of carbonyl (C=O) groups is 1. The van der Waals surface area contributed by atoms with Crippen molar-refractivity contribution in [1.29, 1.82) is 0 Å². The summed E-state index contributed by atoms with van der Waals surface area (Å²) in [5.41, 5.74) is 1.26. The fourth-order valence-electron chi connectivity index (χ4n) is 3.53. The van der Waals surface area contributed by atoms with Gasteiger partial charge in [-0.3, -0.25) is 4.98 Å². The molecule has 0 aliphatic heterocycles. The molecule has 196 valence electrons. The Labute approximate surface area is 214 Å². The lowest BCUT2D eigenvalue weighted by molar-refractivity contribution is 0.0182. The topological polar surface area (TPSA) is 104 Å². The average molecular weight is 515 g/mol. The fraction of sp³-hybridized carbons (Fsp3) is 0.560. The molecule has 0 spiro atoms. The number of pyridine rings is 1. The molecule has 0 fully saturated rings. The van der Waals surface area contributed by atoms with Gasteiger partial charge in [-0.2, -0.15) is 4.98 Å². The summed E-state index contributed by atoms with van der Waals surface area (Å²) in [5.74, 6) is 1.34. The first-order valence-corrected chi connectivity index (χ1v) is 15.9. The van der Waals surface area contributed by atoms with Crippen molar-refractivity contribution in [1.82, 2.24) is 29.5 Å². The van der Waals surface area contributed by atoms with Crippen LogP contribution in [-0.4, -0.2) is 69.5 Å². The summed E-state index contributed by atoms with van der Waals surface area (Å²) in [6.45, 7) is 17.3. The summed E-state index contributed by atoms with van der Waals surface area (Å²) >= 11 is 0. The van der Waals surface area contributed by atoms with Crippen LogP contribution in [0.25, 0.3) is 17.0 Å². The standard InChI is InChI=1S/C25H38N6O4Si/c1-10-30(24(32)35-25(3,4)5)17(2)19-15-18(20(33-6)16-27-19)21-28-23(34-13-14-36(7,8)9)22-26-11-12-31(22)29-21/h11-12,15-17H,10,13-14H2,1-9H3/t17-/m1/s1. The predicted octanol–water partition coefficient (Wildman–Crippen LogP) is 5.23. The van der Waals surface area contributed by atoms with E-state index in [-0.39, 0.29) is 6.04 Å². The number of ether oxygens (including phenoxy) is 3. The van der Waals surface area contributed by atoms with Crippen LogP contribution in [0.3, 0.4) is 0 Å². The summed E-state index contributed by atoms with van der Waals surface area (Å²) < 4.78 is 18.9. The summed E-state index contributed by atoms with van der Waals surface area (Å²) in [6, 6.07) is 2.50. The summed E-state index contributed by atoms with van der Waals surface area (Å²) in [5, 5.41) is 4.64. The number of rotatable bonds is 9. The van der Waals surface area contributed by atoms with Crippen molar-refractivity contribution in [2.75, 3.05) is 20.3 Å². The van der Waals surface area contributed by atoms with Crippen molar-refractivity contribution in [3.8, 4) is 23.0 Å². The maximum atomic E-state index is 12.8. The molecular formula is C25H38N6O4Si. The van der Waals surface area contributed by atoms with Gasteiger partial charge in [0, 0.05) is 27.0 Å². The highest BCUT2D eigenvalue weighted by Gasteiger charge is 2.27. The molecule has 0 saturated heterocycles. The maximum Gasteiger partial charge on any atom is 0.410 e. The Balaban J connectivity index is 2.00. The largest absolute Gasteiger partial charge is 0.494 e. The Morgan fingerprint density at radius 1 is 1.22 bits per heavy atom. The van der Waals surface area contributed by atoms with Gasteiger partial charge in [-0.25, -0.2) is 14.3 Å². The first kappa shape index (κ1) is 27.4. The van der Waals surface area contributed by atoms with Gasteiger partial charge in [0.15, 0.2) is 5.82 Å². The maximum absolute atomic E-state index is 12.8. The van der Waals surface area contributed by atoms with E-state index in [1.165, 1.54) is 0 Å². The van der Waals surface area contributed by atoms with E-state index >= 15 is 0 Å². The van der Waals surface area contributed by atoms with E-state index < -0.39 is 19.8 Å². The molecule has 11 heteroatoms. The highest BCUT2D eigenvalue weighted by atomic mass is 28.3. The molecule has 3 rings (SSSR count). The Morgan fingerprint density at radius 2 is 1.94 bits per heavy atom. The summed E-state index contributed by atoms with van der Waals surface area (Å²) in [7, 11) is 0.293. The number of hydrogen-bond acceptors (Lipinski definition) is 8. The fourth-order valence-corrected chi connectivity index (χ4v) is 4.25. The van der Waals surface area contributed by atoms with E-state index in [1.54, 1.807) is 35.1 Å². The number of nitrogens with zero attached hydrogens (tertiary/aromatic N) is 6. The van der Waals surface area contributed by atoms with Gasteiger partial charge >= 0.3 is 6.09 Å². The van der Waals surface area contributed by atoms with Crippen LogP contribution in [0.1, 0.15) is 46.4 Å². The number of amides is 1. The third-order valence-corrected chi connectivity index (χ3v) is 7.23. The molecule has 0 unspecified atom stereocenters. The average Bonchev–Trinajstić information content (AvgIpc) is 3.26. The van der Waals surface area contributed by atoms with Gasteiger partial charge in [0.2, 0.25) is 5.65 Å². The van der Waals surface area contributed by atoms with Gasteiger partial charge in [0.05, 0.1) is 37.2 Å². The van der Waals surface area contributed by atoms with Gasteiger partial charge in [-0.05, 0) is 46.7 Å². The van der Waals surface area contributed by atoms with E-state index in [0.29, 0.717) is 47.5 Å². The molecule has 0 radical (unpaired) electrons. The Kier molecular flexibility index (Phi) is 8.22. The minimum Gasteiger partial charge on any atom is -0.494 e. The molecule has 0 saturated carbocycles. The second kappa shape index (κ2) is 10.8. The lowest BCUT2D eigenvalue weighted by atomic mass is 10.1. The zero-order valence-electron chi connectivity index (χ0n) is 22.8. The molecule has 10 nitrogen and oxygen atoms in total. The molecule has 3 aromatic rings. The van der Waals surface area contributed by atoms with Crippen LogP contribution in [0.5, 0.6) is 11.6 Å². The molecule has 1 amide bonds. The normalized spacial score (nSPS) is 12.9. The number of imidazole rings is 1. The lowest BCUT2D eigenvalue weighted by Gasteiger charge is -2.30. The smallest absolute Gasteiger partial charge is 0.410 e. The number of methoxy groups -OCH3 is 1. The van der Waals surface area contributed by atoms with Gasteiger partial charge < -0.3 is 19.1 Å². The van der Waals surface area contributed by atoms with Crippen LogP contribution >= 0.6 is 0 Å². The van der Waals surface area contributed by atoms with Crippen molar-refractivity contribution in [2.45, 2.75) is 71.9 Å². The van der Waals surface area contributed by atoms with E-state index in [0.717, 1.165) is 6.04 Å². The van der Waals surface area contributed by atoms with Gasteiger partial charge in [-0.15, -0.1) is 5.10 Å². The van der Waals surface area contributed by atoms with Crippen molar-refractivity contribution < 1.29 is 19.0 Å². The van der Waals surface area contributed by atoms with E-state index in [1.807, 2.05) is 40.7 Å². The van der Waals surface area contributed by atoms with Crippen LogP contribution < -0.4 is 9.47 Å². The number of fused-ring (bicyclic) bond motifs is 1. The van der Waals surface area contributed by atoms with Crippen molar-refractivity contribution in [2.24, 2.45) is 0 Å². The van der Waals surface area contributed by atoms with Crippen LogP contribution in [0.4, 0.5) is 4.79 Å². The number of carbonyl (C=O) groups excluding carboxylic acids is 1. The molecule has 0 aromatic carbocycles. The Hall–Kier alpha value is -3.21. The first-order valence-electron chi connectivity index (χ1n) is 12.2. The van der Waals surface area contributed by atoms with E-state index in [2.05, 4.69) is 34.7 Å². The van der Waals surface area contributed by atoms with E-state index in [9.17, 15) is 4.79 Å². The number of hydrogen-bond donors (Lipinski definition) is 0.